The van der Waals surface area contributed by atoms with Gasteiger partial charge in [0, 0.05) is 19.6 Å². The minimum Gasteiger partial charge on any atom is -0.341 e. The Hall–Kier alpha value is -1.35. The fraction of sp³-hybridized carbons (Fsp3) is 0.533. The largest absolute Gasteiger partial charge is 0.341 e. The molecule has 1 amide bonds. The van der Waals surface area contributed by atoms with Crippen molar-refractivity contribution in [3.63, 3.8) is 0 Å². The molecule has 18 heavy (non-hydrogen) atoms. The van der Waals surface area contributed by atoms with Gasteiger partial charge in [0.2, 0.25) is 5.91 Å². The van der Waals surface area contributed by atoms with Gasteiger partial charge in [0.05, 0.1) is 6.42 Å². The molecule has 0 fully saturated rings. The first-order valence-electron chi connectivity index (χ1n) is 6.70. The molecule has 0 unspecified atom stereocenters. The summed E-state index contributed by atoms with van der Waals surface area (Å²) in [6.07, 6.45) is 2.61. The summed E-state index contributed by atoms with van der Waals surface area (Å²) in [5, 5.41) is 0. The second-order valence-corrected chi connectivity index (χ2v) is 4.69. The van der Waals surface area contributed by atoms with Crippen LogP contribution >= 0.6 is 0 Å². The summed E-state index contributed by atoms with van der Waals surface area (Å²) in [4.78, 5) is 14.1. The first-order chi connectivity index (χ1) is 8.67. The second kappa shape index (κ2) is 7.88. The van der Waals surface area contributed by atoms with E-state index in [4.69, 9.17) is 5.73 Å². The molecule has 1 rings (SSSR count). The molecule has 0 aliphatic heterocycles. The predicted octanol–water partition coefficient (Wildman–Crippen LogP) is 2.12. The lowest BCUT2D eigenvalue weighted by Gasteiger charge is -2.22. The summed E-state index contributed by atoms with van der Waals surface area (Å²) in [5.74, 6) is 0.180. The van der Waals surface area contributed by atoms with Crippen molar-refractivity contribution in [3.05, 3.63) is 35.4 Å². The van der Waals surface area contributed by atoms with E-state index < -0.39 is 0 Å². The van der Waals surface area contributed by atoms with E-state index in [1.165, 1.54) is 5.56 Å². The van der Waals surface area contributed by atoms with Gasteiger partial charge in [-0.05, 0) is 18.9 Å². The van der Waals surface area contributed by atoms with Crippen molar-refractivity contribution >= 4 is 5.91 Å². The summed E-state index contributed by atoms with van der Waals surface area (Å²) in [7, 11) is 0. The highest BCUT2D eigenvalue weighted by Gasteiger charge is 2.12. The fourth-order valence-corrected chi connectivity index (χ4v) is 1.97. The number of hydrogen-bond donors (Lipinski definition) is 1. The lowest BCUT2D eigenvalue weighted by atomic mass is 10.1. The van der Waals surface area contributed by atoms with Crippen LogP contribution in [0.4, 0.5) is 0 Å². The van der Waals surface area contributed by atoms with Crippen molar-refractivity contribution in [1.82, 2.24) is 4.90 Å². The van der Waals surface area contributed by atoms with Crippen molar-refractivity contribution in [1.29, 1.82) is 0 Å². The molecule has 1 aromatic carbocycles. The van der Waals surface area contributed by atoms with Gasteiger partial charge in [-0.2, -0.15) is 0 Å². The van der Waals surface area contributed by atoms with Gasteiger partial charge in [-0.1, -0.05) is 43.2 Å². The standard InChI is InChI=1S/C15H24N2O/c1-3-4-9-17(10-8-16)15(18)12-14-7-5-6-13(2)11-14/h5-7,11H,3-4,8-10,12,16H2,1-2H3. The number of amides is 1. The molecule has 0 spiro atoms. The third-order valence-electron chi connectivity index (χ3n) is 2.97. The molecule has 3 nitrogen and oxygen atoms in total. The molecule has 0 aliphatic rings. The maximum absolute atomic E-state index is 12.2. The highest BCUT2D eigenvalue weighted by Crippen LogP contribution is 2.07. The van der Waals surface area contributed by atoms with E-state index in [-0.39, 0.29) is 5.91 Å². The summed E-state index contributed by atoms with van der Waals surface area (Å²) in [5.41, 5.74) is 7.84. The van der Waals surface area contributed by atoms with E-state index in [0.717, 1.165) is 24.9 Å². The Morgan fingerprint density at radius 1 is 1.33 bits per heavy atom. The lowest BCUT2D eigenvalue weighted by molar-refractivity contribution is -0.130. The molecule has 0 bridgehead atoms. The third-order valence-corrected chi connectivity index (χ3v) is 2.97. The zero-order valence-corrected chi connectivity index (χ0v) is 11.5. The van der Waals surface area contributed by atoms with Gasteiger partial charge >= 0.3 is 0 Å². The molecule has 0 heterocycles. The Kier molecular flexibility index (Phi) is 6.44. The Morgan fingerprint density at radius 2 is 2.11 bits per heavy atom. The number of nitrogens with zero attached hydrogens (tertiary/aromatic N) is 1. The number of carbonyl (C=O) groups is 1. The molecule has 2 N–H and O–H groups in total. The van der Waals surface area contributed by atoms with Gasteiger partial charge < -0.3 is 10.6 Å². The van der Waals surface area contributed by atoms with Crippen molar-refractivity contribution in [2.75, 3.05) is 19.6 Å². The van der Waals surface area contributed by atoms with E-state index in [1.807, 2.05) is 30.0 Å². The van der Waals surface area contributed by atoms with Crippen LogP contribution in [0.15, 0.2) is 24.3 Å². The molecule has 0 saturated heterocycles. The van der Waals surface area contributed by atoms with E-state index in [1.54, 1.807) is 0 Å². The van der Waals surface area contributed by atoms with E-state index in [2.05, 4.69) is 13.0 Å². The zero-order chi connectivity index (χ0) is 13.4. The molecule has 0 radical (unpaired) electrons. The average molecular weight is 248 g/mol. The third kappa shape index (κ3) is 4.88. The predicted molar refractivity (Wildman–Crippen MR) is 75.4 cm³/mol. The van der Waals surface area contributed by atoms with E-state index in [0.29, 0.717) is 19.5 Å². The minimum absolute atomic E-state index is 0.180. The highest BCUT2D eigenvalue weighted by atomic mass is 16.2. The Bertz CT molecular complexity index is 377. The number of hydrogen-bond acceptors (Lipinski definition) is 2. The Labute approximate surface area is 110 Å². The maximum atomic E-state index is 12.2. The number of unbranched alkanes of at least 4 members (excludes halogenated alkanes) is 1. The highest BCUT2D eigenvalue weighted by molar-refractivity contribution is 5.78. The van der Waals surface area contributed by atoms with Gasteiger partial charge in [-0.25, -0.2) is 0 Å². The van der Waals surface area contributed by atoms with Crippen molar-refractivity contribution in [2.45, 2.75) is 33.1 Å². The average Bonchev–Trinajstić information content (AvgIpc) is 2.34. The normalized spacial score (nSPS) is 10.4. The summed E-state index contributed by atoms with van der Waals surface area (Å²) in [6, 6.07) is 8.11. The quantitative estimate of drug-likeness (QED) is 0.803. The molecule has 1 aromatic rings. The van der Waals surface area contributed by atoms with Gasteiger partial charge in [0.15, 0.2) is 0 Å². The first kappa shape index (κ1) is 14.7. The number of benzene rings is 1. The topological polar surface area (TPSA) is 46.3 Å². The molecule has 0 aromatic heterocycles. The van der Waals surface area contributed by atoms with Crippen molar-refractivity contribution in [2.24, 2.45) is 5.73 Å². The first-order valence-corrected chi connectivity index (χ1v) is 6.70. The SMILES string of the molecule is CCCCN(CCN)C(=O)Cc1cccc(C)c1. The van der Waals surface area contributed by atoms with Crippen LogP contribution in [-0.2, 0) is 11.2 Å². The number of aryl methyl sites for hydroxylation is 1. The van der Waals surface area contributed by atoms with Crippen LogP contribution in [0, 0.1) is 6.92 Å². The molecule has 100 valence electrons. The molecular formula is C15H24N2O. The van der Waals surface area contributed by atoms with Crippen molar-refractivity contribution in [3.8, 4) is 0 Å². The molecule has 3 heteroatoms. The van der Waals surface area contributed by atoms with E-state index in [9.17, 15) is 4.79 Å². The smallest absolute Gasteiger partial charge is 0.227 e. The second-order valence-electron chi connectivity index (χ2n) is 4.69. The molecule has 0 saturated carbocycles. The van der Waals surface area contributed by atoms with Crippen LogP contribution in [0.25, 0.3) is 0 Å². The molecular weight excluding hydrogens is 224 g/mol. The minimum atomic E-state index is 0.180. The van der Waals surface area contributed by atoms with Crippen LogP contribution < -0.4 is 5.73 Å². The lowest BCUT2D eigenvalue weighted by Crippen LogP contribution is -2.37. The van der Waals surface area contributed by atoms with Crippen LogP contribution in [0.2, 0.25) is 0 Å². The zero-order valence-electron chi connectivity index (χ0n) is 11.5. The summed E-state index contributed by atoms with van der Waals surface area (Å²) in [6.45, 7) is 6.18. The summed E-state index contributed by atoms with van der Waals surface area (Å²) < 4.78 is 0. The maximum Gasteiger partial charge on any atom is 0.227 e. The van der Waals surface area contributed by atoms with Gasteiger partial charge in [-0.3, -0.25) is 4.79 Å². The van der Waals surface area contributed by atoms with Crippen molar-refractivity contribution < 1.29 is 4.79 Å². The van der Waals surface area contributed by atoms with Gasteiger partial charge in [0.1, 0.15) is 0 Å². The van der Waals surface area contributed by atoms with Crippen LogP contribution in [-0.4, -0.2) is 30.4 Å². The molecule has 0 atom stereocenters. The van der Waals surface area contributed by atoms with Crippen LogP contribution in [0.5, 0.6) is 0 Å². The van der Waals surface area contributed by atoms with E-state index >= 15 is 0 Å². The number of rotatable bonds is 7. The monoisotopic (exact) mass is 248 g/mol. The van der Waals surface area contributed by atoms with Crippen LogP contribution in [0.3, 0.4) is 0 Å². The fourth-order valence-electron chi connectivity index (χ4n) is 1.97. The number of nitrogens with two attached hydrogens (primary N) is 1. The van der Waals surface area contributed by atoms with Gasteiger partial charge in [0.25, 0.3) is 0 Å². The Balaban J connectivity index is 2.60. The van der Waals surface area contributed by atoms with Crippen LogP contribution in [0.1, 0.15) is 30.9 Å². The Morgan fingerprint density at radius 3 is 2.72 bits per heavy atom. The number of carbonyl (C=O) groups excluding carboxylic acids is 1. The van der Waals surface area contributed by atoms with Gasteiger partial charge in [-0.15, -0.1) is 0 Å². The molecule has 0 aliphatic carbocycles. The summed E-state index contributed by atoms with van der Waals surface area (Å²) >= 11 is 0.